The Morgan fingerprint density at radius 3 is 2.28 bits per heavy atom. The number of hydrogen-bond acceptors (Lipinski definition) is 3. The van der Waals surface area contributed by atoms with Gasteiger partial charge in [0.15, 0.2) is 0 Å². The molecule has 0 fully saturated rings. The number of anilines is 3. The largest absolute Gasteiger partial charge is 0.385 e. The van der Waals surface area contributed by atoms with Crippen LogP contribution in [0.1, 0.15) is 16.8 Å². The Morgan fingerprint density at radius 1 is 0.920 bits per heavy atom. The lowest BCUT2D eigenvalue weighted by molar-refractivity contribution is 1.02. The van der Waals surface area contributed by atoms with Crippen LogP contribution in [0.2, 0.25) is 0 Å². The molecule has 25 heavy (non-hydrogen) atoms. The third kappa shape index (κ3) is 4.18. The first-order valence-corrected chi connectivity index (χ1v) is 8.26. The number of hydrogen-bond donors (Lipinski definition) is 3. The van der Waals surface area contributed by atoms with Crippen molar-refractivity contribution in [2.45, 2.75) is 6.42 Å². The number of benzene rings is 1. The third-order valence-electron chi connectivity index (χ3n) is 4.02. The van der Waals surface area contributed by atoms with E-state index in [0.717, 1.165) is 41.3 Å². The lowest BCUT2D eigenvalue weighted by atomic mass is 10.1. The quantitative estimate of drug-likeness (QED) is 0.539. The number of nitrogens with zero attached hydrogens (tertiary/aromatic N) is 1. The maximum atomic E-state index is 4.02. The molecule has 2 heterocycles. The first-order valence-electron chi connectivity index (χ1n) is 8.26. The van der Waals surface area contributed by atoms with Gasteiger partial charge >= 0.3 is 0 Å². The first-order chi connectivity index (χ1) is 12.3. The predicted octanol–water partition coefficient (Wildman–Crippen LogP) is 5.09. The van der Waals surface area contributed by atoms with Gasteiger partial charge in [-0.3, -0.25) is 4.98 Å². The van der Waals surface area contributed by atoms with E-state index in [2.05, 4.69) is 58.0 Å². The predicted molar refractivity (Wildman–Crippen MR) is 107 cm³/mol. The fourth-order valence-corrected chi connectivity index (χ4v) is 2.72. The van der Waals surface area contributed by atoms with Crippen LogP contribution in [0.25, 0.3) is 12.2 Å². The molecule has 0 amide bonds. The molecule has 4 nitrogen and oxygen atoms in total. The van der Waals surface area contributed by atoms with Crippen molar-refractivity contribution >= 4 is 29.2 Å². The molecule has 0 atom stereocenters. The molecule has 3 aromatic rings. The van der Waals surface area contributed by atoms with Crippen LogP contribution in [0.15, 0.2) is 68.1 Å². The zero-order chi connectivity index (χ0) is 17.5. The first kappa shape index (κ1) is 16.6. The van der Waals surface area contributed by atoms with Gasteiger partial charge in [0.25, 0.3) is 0 Å². The Morgan fingerprint density at radius 2 is 1.60 bits per heavy atom. The van der Waals surface area contributed by atoms with E-state index in [1.807, 2.05) is 30.5 Å². The summed E-state index contributed by atoms with van der Waals surface area (Å²) in [6, 6.07) is 12.2. The van der Waals surface area contributed by atoms with E-state index < -0.39 is 0 Å². The second kappa shape index (κ2) is 8.02. The number of aromatic amines is 1. The van der Waals surface area contributed by atoms with Gasteiger partial charge < -0.3 is 15.6 Å². The molecule has 0 spiro atoms. The number of rotatable bonds is 8. The maximum Gasteiger partial charge on any atom is 0.0450 e. The molecular weight excluding hydrogens is 308 g/mol. The lowest BCUT2D eigenvalue weighted by Gasteiger charge is -2.09. The van der Waals surface area contributed by atoms with Gasteiger partial charge in [0.2, 0.25) is 0 Å². The summed E-state index contributed by atoms with van der Waals surface area (Å²) in [6.07, 6.45) is 10.2. The Hall–Kier alpha value is -3.27. The van der Waals surface area contributed by atoms with Gasteiger partial charge in [-0.25, -0.2) is 0 Å². The van der Waals surface area contributed by atoms with E-state index in [0.29, 0.717) is 0 Å². The fourth-order valence-electron chi connectivity index (χ4n) is 2.72. The standard InChI is InChI=1S/C21H22N4/c1-3-20-16(15-24-21(20)4-2)9-14-23-17-5-7-18(8-6-17)25-19-10-12-22-13-11-19/h3-8,10-13,15,23-24H,1-2,9,14H2,(H,22,25). The van der Waals surface area contributed by atoms with E-state index in [-0.39, 0.29) is 0 Å². The summed E-state index contributed by atoms with van der Waals surface area (Å²) >= 11 is 0. The molecular formula is C21H22N4. The second-order valence-electron chi connectivity index (χ2n) is 5.66. The third-order valence-corrected chi connectivity index (χ3v) is 4.02. The Bertz CT molecular complexity index is 832. The van der Waals surface area contributed by atoms with Gasteiger partial charge in [-0.15, -0.1) is 0 Å². The minimum absolute atomic E-state index is 0.854. The van der Waals surface area contributed by atoms with Crippen LogP contribution in [-0.4, -0.2) is 16.5 Å². The molecule has 0 saturated carbocycles. The number of nitrogens with one attached hydrogen (secondary N) is 3. The van der Waals surface area contributed by atoms with Crippen molar-refractivity contribution in [3.05, 3.63) is 85.0 Å². The summed E-state index contributed by atoms with van der Waals surface area (Å²) in [5.41, 5.74) is 6.57. The van der Waals surface area contributed by atoms with E-state index in [4.69, 9.17) is 0 Å². The zero-order valence-electron chi connectivity index (χ0n) is 14.1. The van der Waals surface area contributed by atoms with Crippen molar-refractivity contribution in [2.24, 2.45) is 0 Å². The van der Waals surface area contributed by atoms with E-state index in [1.165, 1.54) is 5.56 Å². The molecule has 4 heteroatoms. The van der Waals surface area contributed by atoms with Crippen molar-refractivity contribution in [1.82, 2.24) is 9.97 Å². The van der Waals surface area contributed by atoms with Crippen molar-refractivity contribution in [1.29, 1.82) is 0 Å². The smallest absolute Gasteiger partial charge is 0.0450 e. The number of aromatic nitrogens is 2. The molecule has 1 aromatic carbocycles. The van der Waals surface area contributed by atoms with Crippen LogP contribution in [0.5, 0.6) is 0 Å². The van der Waals surface area contributed by atoms with Gasteiger partial charge in [-0.2, -0.15) is 0 Å². The van der Waals surface area contributed by atoms with Crippen LogP contribution in [0, 0.1) is 0 Å². The molecule has 3 N–H and O–H groups in total. The SMILES string of the molecule is C=Cc1[nH]cc(CCNc2ccc(Nc3ccncc3)cc2)c1C=C. The number of H-pyrrole nitrogens is 1. The lowest BCUT2D eigenvalue weighted by Crippen LogP contribution is -2.05. The molecule has 3 rings (SSSR count). The molecule has 0 aliphatic heterocycles. The van der Waals surface area contributed by atoms with Crippen LogP contribution in [0.3, 0.4) is 0 Å². The van der Waals surface area contributed by atoms with E-state index in [1.54, 1.807) is 12.4 Å². The minimum atomic E-state index is 0.854. The summed E-state index contributed by atoms with van der Waals surface area (Å²) < 4.78 is 0. The maximum absolute atomic E-state index is 4.02. The Labute approximate surface area is 148 Å². The van der Waals surface area contributed by atoms with Gasteiger partial charge in [0.05, 0.1) is 0 Å². The number of pyridine rings is 1. The van der Waals surface area contributed by atoms with Crippen molar-refractivity contribution in [3.63, 3.8) is 0 Å². The van der Waals surface area contributed by atoms with Crippen molar-refractivity contribution < 1.29 is 0 Å². The molecule has 126 valence electrons. The normalized spacial score (nSPS) is 10.2. The van der Waals surface area contributed by atoms with Crippen LogP contribution < -0.4 is 10.6 Å². The summed E-state index contributed by atoms with van der Waals surface area (Å²) in [4.78, 5) is 7.24. The highest BCUT2D eigenvalue weighted by molar-refractivity contribution is 5.65. The fraction of sp³-hybridized carbons (Fsp3) is 0.0952. The summed E-state index contributed by atoms with van der Waals surface area (Å²) in [6.45, 7) is 8.55. The Balaban J connectivity index is 1.54. The molecule has 0 aliphatic carbocycles. The summed E-state index contributed by atoms with van der Waals surface area (Å²) in [5.74, 6) is 0. The van der Waals surface area contributed by atoms with E-state index in [9.17, 15) is 0 Å². The summed E-state index contributed by atoms with van der Waals surface area (Å²) in [7, 11) is 0. The average Bonchev–Trinajstić information content (AvgIpc) is 3.06. The molecule has 0 bridgehead atoms. The van der Waals surface area contributed by atoms with Crippen LogP contribution >= 0.6 is 0 Å². The topological polar surface area (TPSA) is 52.7 Å². The highest BCUT2D eigenvalue weighted by Crippen LogP contribution is 2.20. The van der Waals surface area contributed by atoms with Gasteiger partial charge in [-0.05, 0) is 54.5 Å². The molecule has 2 aromatic heterocycles. The highest BCUT2D eigenvalue weighted by Gasteiger charge is 2.05. The monoisotopic (exact) mass is 330 g/mol. The second-order valence-corrected chi connectivity index (χ2v) is 5.66. The van der Waals surface area contributed by atoms with Gasteiger partial charge in [0, 0.05) is 53.5 Å². The van der Waals surface area contributed by atoms with Crippen LogP contribution in [0.4, 0.5) is 17.1 Å². The molecule has 0 aliphatic rings. The van der Waals surface area contributed by atoms with Crippen molar-refractivity contribution in [3.8, 4) is 0 Å². The van der Waals surface area contributed by atoms with Gasteiger partial charge in [-0.1, -0.05) is 19.2 Å². The van der Waals surface area contributed by atoms with Crippen LogP contribution in [-0.2, 0) is 6.42 Å². The van der Waals surface area contributed by atoms with Gasteiger partial charge in [0.1, 0.15) is 0 Å². The molecule has 0 unspecified atom stereocenters. The average molecular weight is 330 g/mol. The van der Waals surface area contributed by atoms with E-state index >= 15 is 0 Å². The molecule has 0 radical (unpaired) electrons. The molecule has 0 saturated heterocycles. The minimum Gasteiger partial charge on any atom is -0.385 e. The highest BCUT2D eigenvalue weighted by atomic mass is 14.9. The van der Waals surface area contributed by atoms with Crippen molar-refractivity contribution in [2.75, 3.05) is 17.2 Å². The zero-order valence-corrected chi connectivity index (χ0v) is 14.1. The Kier molecular flexibility index (Phi) is 5.32. The summed E-state index contributed by atoms with van der Waals surface area (Å²) in [5, 5.41) is 6.80.